The molecule has 5 aromatic rings. The summed E-state index contributed by atoms with van der Waals surface area (Å²) in [6.45, 7) is 1.93. The maximum atomic E-state index is 13.8. The van der Waals surface area contributed by atoms with E-state index in [-0.39, 0.29) is 23.2 Å². The lowest BCUT2D eigenvalue weighted by atomic mass is 10.0. The van der Waals surface area contributed by atoms with Gasteiger partial charge in [0.25, 0.3) is 0 Å². The molecular weight excluding hydrogens is 439 g/mol. The van der Waals surface area contributed by atoms with Crippen LogP contribution in [0.4, 0.5) is 19.1 Å². The summed E-state index contributed by atoms with van der Waals surface area (Å²) in [5.41, 5.74) is 1.61. The Bertz CT molecular complexity index is 1440. The Morgan fingerprint density at radius 3 is 2.53 bits per heavy atom. The van der Waals surface area contributed by atoms with Gasteiger partial charge in [-0.25, -0.2) is 9.97 Å². The van der Waals surface area contributed by atoms with Gasteiger partial charge in [0.2, 0.25) is 5.95 Å². The quantitative estimate of drug-likeness (QED) is 0.338. The van der Waals surface area contributed by atoms with Crippen LogP contribution in [0.2, 0.25) is 0 Å². The van der Waals surface area contributed by atoms with Crippen molar-refractivity contribution in [2.45, 2.75) is 19.1 Å². The fourth-order valence-electron chi connectivity index (χ4n) is 3.75. The molecular formula is C26H18F3N5. The van der Waals surface area contributed by atoms with Crippen LogP contribution in [0.5, 0.6) is 0 Å². The summed E-state index contributed by atoms with van der Waals surface area (Å²) in [6, 6.07) is 25.7. The predicted octanol–water partition coefficient (Wildman–Crippen LogP) is 6.27. The van der Waals surface area contributed by atoms with E-state index in [0.717, 1.165) is 11.6 Å². The molecule has 5 rings (SSSR count). The van der Waals surface area contributed by atoms with Crippen LogP contribution < -0.4 is 5.32 Å². The molecule has 0 saturated heterocycles. The van der Waals surface area contributed by atoms with Crippen molar-refractivity contribution in [3.63, 3.8) is 0 Å². The van der Waals surface area contributed by atoms with Gasteiger partial charge in [-0.2, -0.15) is 18.2 Å². The molecule has 34 heavy (non-hydrogen) atoms. The number of imidazole rings is 1. The fraction of sp³-hybridized carbons (Fsp3) is 0.115. The monoisotopic (exact) mass is 457 g/mol. The van der Waals surface area contributed by atoms with Gasteiger partial charge >= 0.3 is 6.18 Å². The van der Waals surface area contributed by atoms with Crippen LogP contribution in [0.1, 0.15) is 24.1 Å². The molecule has 1 atom stereocenters. The maximum absolute atomic E-state index is 13.8. The van der Waals surface area contributed by atoms with Gasteiger partial charge < -0.3 is 5.32 Å². The second kappa shape index (κ2) is 8.52. The average Bonchev–Trinajstić information content (AvgIpc) is 3.28. The number of hydrogen-bond acceptors (Lipinski definition) is 4. The van der Waals surface area contributed by atoms with Gasteiger partial charge in [-0.3, -0.25) is 4.57 Å². The highest BCUT2D eigenvalue weighted by Crippen LogP contribution is 2.37. The number of aromatic nitrogens is 4. The molecule has 3 aromatic carbocycles. The smallest absolute Gasteiger partial charge is 0.348 e. The third-order valence-corrected chi connectivity index (χ3v) is 5.42. The highest BCUT2D eigenvalue weighted by molar-refractivity contribution is 5.76. The average molecular weight is 457 g/mol. The topological polar surface area (TPSA) is 55.6 Å². The lowest BCUT2D eigenvalue weighted by Gasteiger charge is -2.17. The van der Waals surface area contributed by atoms with Gasteiger partial charge in [-0.15, -0.1) is 0 Å². The van der Waals surface area contributed by atoms with Crippen molar-refractivity contribution < 1.29 is 13.2 Å². The minimum absolute atomic E-state index is 0.0333. The molecule has 168 valence electrons. The normalized spacial score (nSPS) is 12.4. The van der Waals surface area contributed by atoms with Gasteiger partial charge in [0, 0.05) is 11.6 Å². The number of rotatable bonds is 5. The van der Waals surface area contributed by atoms with Crippen LogP contribution >= 0.6 is 0 Å². The molecule has 8 heteroatoms. The maximum Gasteiger partial charge on any atom is 0.417 e. The summed E-state index contributed by atoms with van der Waals surface area (Å²) < 4.78 is 43.0. The number of anilines is 1. The molecule has 0 aliphatic heterocycles. The van der Waals surface area contributed by atoms with Crippen molar-refractivity contribution in [1.82, 2.24) is 19.5 Å². The number of halogens is 3. The van der Waals surface area contributed by atoms with Crippen LogP contribution in [0.25, 0.3) is 28.1 Å². The molecule has 2 aromatic heterocycles. The van der Waals surface area contributed by atoms with Gasteiger partial charge in [-0.1, -0.05) is 54.6 Å². The van der Waals surface area contributed by atoms with E-state index in [1.165, 1.54) is 18.2 Å². The zero-order chi connectivity index (χ0) is 23.7. The molecule has 0 bridgehead atoms. The highest BCUT2D eigenvalue weighted by Gasteiger charge is 2.34. The van der Waals surface area contributed by atoms with E-state index in [1.807, 2.05) is 37.3 Å². The first kappa shape index (κ1) is 21.5. The largest absolute Gasteiger partial charge is 0.417 e. The Morgan fingerprint density at radius 2 is 1.74 bits per heavy atom. The third kappa shape index (κ3) is 4.16. The molecule has 1 N–H and O–H groups in total. The predicted molar refractivity (Wildman–Crippen MR) is 123 cm³/mol. The molecule has 0 aliphatic rings. The number of alkyl halides is 3. The second-order valence-corrected chi connectivity index (χ2v) is 7.71. The number of fused-ring (bicyclic) bond motifs is 1. The summed E-state index contributed by atoms with van der Waals surface area (Å²) in [6.07, 6.45) is -2.97. The van der Waals surface area contributed by atoms with E-state index in [1.54, 1.807) is 29.1 Å². The van der Waals surface area contributed by atoms with Crippen LogP contribution in [-0.2, 0) is 6.18 Å². The summed E-state index contributed by atoms with van der Waals surface area (Å²) in [5.74, 6) is 0.561. The minimum Gasteiger partial charge on any atom is -0.348 e. The zero-order valence-corrected chi connectivity index (χ0v) is 18.0. The first-order valence-electron chi connectivity index (χ1n) is 10.5. The molecule has 2 heterocycles. The number of nitrogens with one attached hydrogen (secondary N) is 1. The van der Waals surface area contributed by atoms with Crippen molar-refractivity contribution in [3.8, 4) is 17.1 Å². The molecule has 0 spiro atoms. The van der Waals surface area contributed by atoms with Crippen LogP contribution in [0.3, 0.4) is 0 Å². The van der Waals surface area contributed by atoms with Crippen molar-refractivity contribution in [2.24, 2.45) is 0 Å². The highest BCUT2D eigenvalue weighted by atomic mass is 19.4. The minimum atomic E-state index is -4.53. The summed E-state index contributed by atoms with van der Waals surface area (Å²) >= 11 is 0. The van der Waals surface area contributed by atoms with Gasteiger partial charge in [0.1, 0.15) is 17.7 Å². The Morgan fingerprint density at radius 1 is 0.971 bits per heavy atom. The van der Waals surface area contributed by atoms with E-state index in [2.05, 4.69) is 32.4 Å². The molecule has 0 amide bonds. The lowest BCUT2D eigenvalue weighted by Crippen LogP contribution is -2.12. The third-order valence-electron chi connectivity index (χ3n) is 5.42. The van der Waals surface area contributed by atoms with E-state index in [9.17, 15) is 13.2 Å². The van der Waals surface area contributed by atoms with E-state index in [4.69, 9.17) is 0 Å². The van der Waals surface area contributed by atoms with Gasteiger partial charge in [0.05, 0.1) is 22.8 Å². The van der Waals surface area contributed by atoms with Crippen molar-refractivity contribution in [2.75, 3.05) is 5.32 Å². The first-order chi connectivity index (χ1) is 16.4. The van der Waals surface area contributed by atoms with Crippen molar-refractivity contribution in [3.05, 3.63) is 102 Å². The fourth-order valence-corrected chi connectivity index (χ4v) is 3.75. The van der Waals surface area contributed by atoms with Crippen LogP contribution in [0, 0.1) is 12.1 Å². The number of nitrogens with zero attached hydrogens (tertiary/aromatic N) is 4. The van der Waals surface area contributed by atoms with E-state index < -0.39 is 11.7 Å². The van der Waals surface area contributed by atoms with Crippen molar-refractivity contribution >= 4 is 17.0 Å². The SMILES string of the molecule is C[C@H](Nc1nc(-c2ccccc2C(F)(F)F)cc(-n2cnc3ccc#cc32)n1)c1ccccc1. The molecule has 0 radical (unpaired) electrons. The number of hydrogen-bond donors (Lipinski definition) is 1. The Hall–Kier alpha value is -4.38. The van der Waals surface area contributed by atoms with Crippen molar-refractivity contribution in [1.29, 1.82) is 0 Å². The van der Waals surface area contributed by atoms with Gasteiger partial charge in [0.15, 0.2) is 0 Å². The molecule has 5 nitrogen and oxygen atoms in total. The summed E-state index contributed by atoms with van der Waals surface area (Å²) in [7, 11) is 0. The van der Waals surface area contributed by atoms with Crippen LogP contribution in [-0.4, -0.2) is 19.5 Å². The standard InChI is InChI=1S/C26H18F3N5/c1-17(18-9-3-2-4-10-18)31-25-32-22(19-11-5-6-12-20(19)26(27,28)29)15-24(33-25)34-16-30-21-13-7-8-14-23(21)34/h2-7,9-13,15-17H,1H3,(H,31,32,33)/t17-/m0/s1. The van der Waals surface area contributed by atoms with Gasteiger partial charge in [-0.05, 0) is 36.8 Å². The summed E-state index contributed by atoms with van der Waals surface area (Å²) in [5, 5.41) is 3.22. The molecule has 0 aliphatic carbocycles. The van der Waals surface area contributed by atoms with E-state index >= 15 is 0 Å². The Balaban J connectivity index is 1.66. The number of benzene rings is 2. The molecule has 0 fully saturated rings. The Kier molecular flexibility index (Phi) is 5.38. The molecule has 0 saturated carbocycles. The van der Waals surface area contributed by atoms with E-state index in [0.29, 0.717) is 16.9 Å². The Labute approximate surface area is 194 Å². The molecule has 0 unspecified atom stereocenters. The lowest BCUT2D eigenvalue weighted by molar-refractivity contribution is -0.137. The zero-order valence-electron chi connectivity index (χ0n) is 18.0. The summed E-state index contributed by atoms with van der Waals surface area (Å²) in [4.78, 5) is 13.4. The first-order valence-corrected chi connectivity index (χ1v) is 10.5. The second-order valence-electron chi connectivity index (χ2n) is 7.71. The van der Waals surface area contributed by atoms with Crippen LogP contribution in [0.15, 0.2) is 79.1 Å².